The zero-order chi connectivity index (χ0) is 17.6. The van der Waals surface area contributed by atoms with E-state index >= 15 is 0 Å². The number of aromatic nitrogens is 2. The van der Waals surface area contributed by atoms with Crippen LogP contribution in [0.2, 0.25) is 5.15 Å². The molecule has 0 unspecified atom stereocenters. The normalized spacial score (nSPS) is 11.7. The van der Waals surface area contributed by atoms with Crippen molar-refractivity contribution in [2.24, 2.45) is 5.10 Å². The van der Waals surface area contributed by atoms with Crippen LogP contribution in [0, 0.1) is 0 Å². The molecule has 0 aromatic carbocycles. The minimum Gasteiger partial charge on any atom is -0.382 e. The molecule has 1 heterocycles. The number of carbonyl (C=O) groups is 1. The van der Waals surface area contributed by atoms with Crippen molar-refractivity contribution < 1.29 is 13.2 Å². The van der Waals surface area contributed by atoms with E-state index in [9.17, 15) is 13.2 Å². The number of carbonyl (C=O) groups excluding carboxylic acids is 1. The predicted molar refractivity (Wildman–Crippen MR) is 87.3 cm³/mol. The highest BCUT2D eigenvalue weighted by atomic mass is 35.5. The predicted octanol–water partition coefficient (Wildman–Crippen LogP) is -0.741. The van der Waals surface area contributed by atoms with Gasteiger partial charge in [-0.15, -0.1) is 0 Å². The van der Waals surface area contributed by atoms with Crippen molar-refractivity contribution in [3.05, 3.63) is 10.8 Å². The molecule has 128 valence electrons. The van der Waals surface area contributed by atoms with Crippen molar-refractivity contribution in [1.29, 1.82) is 0 Å². The summed E-state index contributed by atoms with van der Waals surface area (Å²) in [4.78, 5) is 21.5. The number of rotatable bonds is 7. The van der Waals surface area contributed by atoms with Crippen LogP contribution >= 0.6 is 11.6 Å². The van der Waals surface area contributed by atoms with E-state index in [0.717, 1.165) is 6.34 Å². The van der Waals surface area contributed by atoms with E-state index < -0.39 is 16.1 Å². The molecule has 1 aromatic heterocycles. The molecule has 23 heavy (non-hydrogen) atoms. The summed E-state index contributed by atoms with van der Waals surface area (Å²) in [6.07, 6.45) is 0.826. The summed E-state index contributed by atoms with van der Waals surface area (Å²) in [6, 6.07) is 0.0493. The number of halogens is 1. The SMILES string of the molecule is CNS(=O)(=O)N/N=C/NC(=O)c1nc(Cl)c(NC(C)C)nc1N. The minimum atomic E-state index is -3.75. The van der Waals surface area contributed by atoms with E-state index in [1.165, 1.54) is 7.05 Å². The van der Waals surface area contributed by atoms with E-state index in [-0.39, 0.29) is 28.5 Å². The van der Waals surface area contributed by atoms with Gasteiger partial charge < -0.3 is 16.4 Å². The largest absolute Gasteiger partial charge is 0.382 e. The zero-order valence-corrected chi connectivity index (χ0v) is 14.2. The monoisotopic (exact) mass is 364 g/mol. The van der Waals surface area contributed by atoms with Crippen molar-refractivity contribution in [2.75, 3.05) is 18.1 Å². The number of nitrogens with one attached hydrogen (secondary N) is 4. The fraction of sp³-hybridized carbons (Fsp3) is 0.400. The summed E-state index contributed by atoms with van der Waals surface area (Å²) in [5.41, 5.74) is 5.45. The van der Waals surface area contributed by atoms with Gasteiger partial charge in [0.25, 0.3) is 5.91 Å². The summed E-state index contributed by atoms with van der Waals surface area (Å²) in [6.45, 7) is 3.75. The summed E-state index contributed by atoms with van der Waals surface area (Å²) in [5.74, 6) is -0.633. The van der Waals surface area contributed by atoms with Gasteiger partial charge in [-0.2, -0.15) is 23.1 Å². The molecule has 13 heteroatoms. The van der Waals surface area contributed by atoms with Gasteiger partial charge in [0.05, 0.1) is 0 Å². The van der Waals surface area contributed by atoms with Crippen LogP contribution in [-0.4, -0.2) is 43.7 Å². The van der Waals surface area contributed by atoms with Crippen LogP contribution in [0.15, 0.2) is 5.10 Å². The van der Waals surface area contributed by atoms with Crippen molar-refractivity contribution in [2.45, 2.75) is 19.9 Å². The molecule has 0 bridgehead atoms. The van der Waals surface area contributed by atoms with Gasteiger partial charge in [-0.1, -0.05) is 11.6 Å². The van der Waals surface area contributed by atoms with E-state index in [1.807, 2.05) is 18.6 Å². The quantitative estimate of drug-likeness (QED) is 0.241. The molecule has 0 aliphatic rings. The molecule has 1 amide bonds. The third-order valence-corrected chi connectivity index (χ3v) is 3.37. The van der Waals surface area contributed by atoms with Gasteiger partial charge in [-0.25, -0.2) is 9.97 Å². The second kappa shape index (κ2) is 7.89. The first kappa shape index (κ1) is 18.9. The highest BCUT2D eigenvalue weighted by molar-refractivity contribution is 7.87. The van der Waals surface area contributed by atoms with Crippen molar-refractivity contribution in [3.63, 3.8) is 0 Å². The maximum absolute atomic E-state index is 11.9. The standard InChI is InChI=1S/C10H17ClN8O3S/c1-5(2)16-9-7(11)17-6(8(12)18-9)10(20)14-4-15-19-23(21,22)13-3/h4-5,13,19H,1-3H3,(H3,12,16,18)(H,14,15,20). The van der Waals surface area contributed by atoms with Gasteiger partial charge in [0.2, 0.25) is 0 Å². The molecule has 1 rings (SSSR count). The average molecular weight is 365 g/mol. The smallest absolute Gasteiger partial charge is 0.313 e. The van der Waals surface area contributed by atoms with Crippen LogP contribution in [0.3, 0.4) is 0 Å². The number of hydrogen-bond donors (Lipinski definition) is 5. The number of hydrogen-bond acceptors (Lipinski definition) is 8. The number of anilines is 2. The number of amides is 1. The highest BCUT2D eigenvalue weighted by Gasteiger charge is 2.16. The Morgan fingerprint density at radius 3 is 2.61 bits per heavy atom. The molecule has 0 aliphatic carbocycles. The first-order valence-corrected chi connectivity index (χ1v) is 8.14. The molecule has 0 spiro atoms. The number of hydrazone groups is 1. The van der Waals surface area contributed by atoms with Crippen LogP contribution in [0.4, 0.5) is 11.6 Å². The Kier molecular flexibility index (Phi) is 6.48. The molecular weight excluding hydrogens is 348 g/mol. The van der Waals surface area contributed by atoms with Crippen molar-refractivity contribution >= 4 is 45.7 Å². The number of nitrogens with two attached hydrogens (primary N) is 1. The fourth-order valence-electron chi connectivity index (χ4n) is 1.26. The number of nitrogens with zero attached hydrogens (tertiary/aromatic N) is 3. The Morgan fingerprint density at radius 2 is 2.04 bits per heavy atom. The molecule has 0 fully saturated rings. The third kappa shape index (κ3) is 5.84. The van der Waals surface area contributed by atoms with Crippen LogP contribution in [0.25, 0.3) is 0 Å². The molecule has 0 saturated carbocycles. The lowest BCUT2D eigenvalue weighted by Gasteiger charge is -2.12. The van der Waals surface area contributed by atoms with Crippen LogP contribution < -0.4 is 25.9 Å². The third-order valence-electron chi connectivity index (χ3n) is 2.22. The molecular formula is C10H17ClN8O3S. The summed E-state index contributed by atoms with van der Waals surface area (Å²) < 4.78 is 24.0. The van der Waals surface area contributed by atoms with Gasteiger partial charge in [-0.3, -0.25) is 4.79 Å². The van der Waals surface area contributed by atoms with Crippen LogP contribution in [0.1, 0.15) is 24.3 Å². The van der Waals surface area contributed by atoms with Crippen LogP contribution in [-0.2, 0) is 10.2 Å². The highest BCUT2D eigenvalue weighted by Crippen LogP contribution is 2.20. The van der Waals surface area contributed by atoms with Gasteiger partial charge in [-0.05, 0) is 13.8 Å². The molecule has 0 aliphatic heterocycles. The van der Waals surface area contributed by atoms with E-state index in [2.05, 4.69) is 25.7 Å². The van der Waals surface area contributed by atoms with E-state index in [1.54, 1.807) is 4.83 Å². The van der Waals surface area contributed by atoms with Crippen LogP contribution in [0.5, 0.6) is 0 Å². The Balaban J connectivity index is 2.81. The molecule has 0 radical (unpaired) electrons. The summed E-state index contributed by atoms with van der Waals surface area (Å²) in [7, 11) is -2.55. The Bertz CT molecular complexity index is 706. The first-order valence-electron chi connectivity index (χ1n) is 6.28. The van der Waals surface area contributed by atoms with E-state index in [4.69, 9.17) is 17.3 Å². The van der Waals surface area contributed by atoms with Gasteiger partial charge in [0, 0.05) is 13.1 Å². The molecule has 11 nitrogen and oxygen atoms in total. The molecule has 6 N–H and O–H groups in total. The summed E-state index contributed by atoms with van der Waals surface area (Å²) >= 11 is 5.92. The van der Waals surface area contributed by atoms with Gasteiger partial charge in [0.15, 0.2) is 22.5 Å². The summed E-state index contributed by atoms with van der Waals surface area (Å²) in [5, 5.41) is 8.38. The zero-order valence-electron chi connectivity index (χ0n) is 12.6. The lowest BCUT2D eigenvalue weighted by Crippen LogP contribution is -2.32. The Labute approximate surface area is 138 Å². The maximum atomic E-state index is 11.9. The molecule has 0 saturated heterocycles. The lowest BCUT2D eigenvalue weighted by molar-refractivity contribution is 0.0974. The van der Waals surface area contributed by atoms with Gasteiger partial charge in [0.1, 0.15) is 6.34 Å². The minimum absolute atomic E-state index is 0.0223. The maximum Gasteiger partial charge on any atom is 0.313 e. The Hall–Kier alpha value is -2.18. The fourth-order valence-corrected chi connectivity index (χ4v) is 1.73. The number of nitrogen functional groups attached to an aromatic ring is 1. The van der Waals surface area contributed by atoms with Crippen molar-refractivity contribution in [1.82, 2.24) is 24.8 Å². The van der Waals surface area contributed by atoms with Crippen molar-refractivity contribution in [3.8, 4) is 0 Å². The second-order valence-electron chi connectivity index (χ2n) is 4.43. The Morgan fingerprint density at radius 1 is 1.39 bits per heavy atom. The lowest BCUT2D eigenvalue weighted by atomic mass is 10.3. The molecule has 1 aromatic rings. The van der Waals surface area contributed by atoms with Gasteiger partial charge >= 0.3 is 10.2 Å². The average Bonchev–Trinajstić information content (AvgIpc) is 2.46. The molecule has 0 atom stereocenters. The topological polar surface area (TPSA) is 163 Å². The van der Waals surface area contributed by atoms with E-state index in [0.29, 0.717) is 0 Å². The second-order valence-corrected chi connectivity index (χ2v) is 6.38. The first-order chi connectivity index (χ1) is 10.7.